The lowest BCUT2D eigenvalue weighted by Crippen LogP contribution is -2.23. The number of nitrogens with one attached hydrogen (secondary N) is 1. The first-order chi connectivity index (χ1) is 15.3. The van der Waals surface area contributed by atoms with Crippen LogP contribution in [-0.2, 0) is 16.1 Å². The summed E-state index contributed by atoms with van der Waals surface area (Å²) in [6, 6.07) is 16.6. The summed E-state index contributed by atoms with van der Waals surface area (Å²) in [4.78, 5) is 0. The molecule has 0 radical (unpaired) electrons. The summed E-state index contributed by atoms with van der Waals surface area (Å²) in [7, 11) is 0. The fourth-order valence-electron chi connectivity index (χ4n) is 4.29. The van der Waals surface area contributed by atoms with Gasteiger partial charge in [-0.05, 0) is 47.2 Å². The number of tetrazole rings is 1. The minimum absolute atomic E-state index is 0.0256. The van der Waals surface area contributed by atoms with E-state index in [2.05, 4.69) is 64.0 Å². The molecule has 0 saturated carbocycles. The first kappa shape index (κ1) is 19.7. The van der Waals surface area contributed by atoms with Crippen molar-refractivity contribution >= 4 is 0 Å². The number of allylic oxidation sites excluding steroid dienone is 2. The van der Waals surface area contributed by atoms with E-state index in [4.69, 9.17) is 9.47 Å². The Morgan fingerprint density at radius 3 is 2.61 bits per heavy atom. The van der Waals surface area contributed by atoms with Crippen molar-refractivity contribution in [1.82, 2.24) is 20.6 Å². The van der Waals surface area contributed by atoms with E-state index in [-0.39, 0.29) is 6.10 Å². The molecule has 1 aliphatic heterocycles. The Labute approximate surface area is 182 Å². The highest BCUT2D eigenvalue weighted by atomic mass is 16.5. The minimum atomic E-state index is 0.0256. The zero-order valence-corrected chi connectivity index (χ0v) is 17.7. The van der Waals surface area contributed by atoms with Gasteiger partial charge >= 0.3 is 0 Å². The molecule has 5 rings (SSSR count). The number of aromatic nitrogens is 4. The molecule has 0 amide bonds. The fraction of sp³-hybridized carbons (Fsp3) is 0.320. The first-order valence-electron chi connectivity index (χ1n) is 11.0. The lowest BCUT2D eigenvalue weighted by molar-refractivity contribution is 0.0743. The van der Waals surface area contributed by atoms with Crippen molar-refractivity contribution in [3.8, 4) is 22.5 Å². The van der Waals surface area contributed by atoms with E-state index < -0.39 is 0 Å². The lowest BCUT2D eigenvalue weighted by Gasteiger charge is -2.30. The summed E-state index contributed by atoms with van der Waals surface area (Å²) in [5.74, 6) is 2.76. The second kappa shape index (κ2) is 8.86. The molecule has 1 atom stereocenters. The molecule has 1 aliphatic carbocycles. The van der Waals surface area contributed by atoms with E-state index in [9.17, 15) is 0 Å². The Bertz CT molecular complexity index is 1100. The van der Waals surface area contributed by atoms with E-state index in [0.29, 0.717) is 12.4 Å². The number of ether oxygens (including phenoxy) is 2. The Hall–Kier alpha value is -3.25. The van der Waals surface area contributed by atoms with Crippen molar-refractivity contribution in [2.75, 3.05) is 0 Å². The largest absolute Gasteiger partial charge is 0.466 e. The number of benzene rings is 2. The molecule has 6 heteroatoms. The molecule has 6 nitrogen and oxygen atoms in total. The Balaban J connectivity index is 1.32. The molecule has 3 aromatic rings. The highest BCUT2D eigenvalue weighted by Crippen LogP contribution is 2.36. The van der Waals surface area contributed by atoms with Crippen molar-refractivity contribution in [2.24, 2.45) is 0 Å². The van der Waals surface area contributed by atoms with Gasteiger partial charge in [0, 0.05) is 24.0 Å². The van der Waals surface area contributed by atoms with Crippen molar-refractivity contribution in [3.63, 3.8) is 0 Å². The van der Waals surface area contributed by atoms with Crippen LogP contribution in [0.2, 0.25) is 0 Å². The third kappa shape index (κ3) is 4.16. The van der Waals surface area contributed by atoms with E-state index in [1.165, 1.54) is 18.4 Å². The Morgan fingerprint density at radius 1 is 1.03 bits per heavy atom. The molecule has 1 aromatic heterocycles. The summed E-state index contributed by atoms with van der Waals surface area (Å²) in [5.41, 5.74) is 5.62. The van der Waals surface area contributed by atoms with Crippen molar-refractivity contribution in [1.29, 1.82) is 0 Å². The predicted molar refractivity (Wildman–Crippen MR) is 119 cm³/mol. The first-order valence-corrected chi connectivity index (χ1v) is 11.0. The average Bonchev–Trinajstić information content (AvgIpc) is 3.37. The second-order valence-corrected chi connectivity index (χ2v) is 7.95. The van der Waals surface area contributed by atoms with Gasteiger partial charge in [-0.15, -0.1) is 10.2 Å². The third-order valence-corrected chi connectivity index (χ3v) is 5.95. The van der Waals surface area contributed by atoms with Gasteiger partial charge in [0.2, 0.25) is 5.82 Å². The van der Waals surface area contributed by atoms with Crippen LogP contribution >= 0.6 is 0 Å². The second-order valence-electron chi connectivity index (χ2n) is 7.95. The van der Waals surface area contributed by atoms with Gasteiger partial charge in [0.1, 0.15) is 17.6 Å². The molecule has 0 spiro atoms. The van der Waals surface area contributed by atoms with Gasteiger partial charge in [-0.2, -0.15) is 5.21 Å². The predicted octanol–water partition coefficient (Wildman–Crippen LogP) is 5.57. The molecule has 1 unspecified atom stereocenters. The number of hydrogen-bond donors (Lipinski definition) is 1. The summed E-state index contributed by atoms with van der Waals surface area (Å²) in [6.45, 7) is 2.70. The molecule has 2 aliphatic rings. The maximum Gasteiger partial charge on any atom is 0.205 e. The van der Waals surface area contributed by atoms with Crippen LogP contribution < -0.4 is 0 Å². The molecular weight excluding hydrogens is 388 g/mol. The number of H-pyrrole nitrogens is 1. The maximum absolute atomic E-state index is 6.35. The van der Waals surface area contributed by atoms with Crippen LogP contribution in [0.3, 0.4) is 0 Å². The van der Waals surface area contributed by atoms with Crippen LogP contribution in [0.5, 0.6) is 0 Å². The van der Waals surface area contributed by atoms with Crippen molar-refractivity contribution in [2.45, 2.75) is 51.7 Å². The number of aromatic amines is 1. The standard InChI is InChI=1S/C25H26N4O2/c1-2-19-15-24(22-9-5-6-10-23(22)31-19)30-16-17-11-13-18(14-12-17)20-7-3-4-8-21(20)25-26-28-29-27-25/h3-4,7-8,11-15,24H,2,5-6,9-10,16H2,1H3,(H,26,27,28,29). The Morgan fingerprint density at radius 2 is 1.84 bits per heavy atom. The van der Waals surface area contributed by atoms with E-state index in [0.717, 1.165) is 53.0 Å². The number of nitrogens with zero attached hydrogens (tertiary/aromatic N) is 3. The van der Waals surface area contributed by atoms with Gasteiger partial charge in [0.05, 0.1) is 6.61 Å². The topological polar surface area (TPSA) is 72.9 Å². The molecule has 0 saturated heterocycles. The third-order valence-electron chi connectivity index (χ3n) is 5.95. The zero-order chi connectivity index (χ0) is 21.0. The summed E-state index contributed by atoms with van der Waals surface area (Å²) < 4.78 is 12.4. The summed E-state index contributed by atoms with van der Waals surface area (Å²) in [6.07, 6.45) is 7.59. The molecule has 0 fully saturated rings. The SMILES string of the molecule is CCC1=CC(OCc2ccc(-c3ccccc3-c3nn[nH]n3)cc2)C2=C(CCCC2)O1. The highest BCUT2D eigenvalue weighted by molar-refractivity contribution is 5.80. The van der Waals surface area contributed by atoms with Crippen LogP contribution in [0, 0.1) is 0 Å². The normalized spacial score (nSPS) is 18.4. The molecule has 2 aromatic carbocycles. The minimum Gasteiger partial charge on any atom is -0.466 e. The van der Waals surface area contributed by atoms with Crippen LogP contribution in [0.4, 0.5) is 0 Å². The molecule has 31 heavy (non-hydrogen) atoms. The van der Waals surface area contributed by atoms with Gasteiger partial charge in [0.15, 0.2) is 0 Å². The van der Waals surface area contributed by atoms with Crippen LogP contribution in [0.1, 0.15) is 44.6 Å². The van der Waals surface area contributed by atoms with Gasteiger partial charge in [-0.3, -0.25) is 0 Å². The van der Waals surface area contributed by atoms with Crippen molar-refractivity contribution < 1.29 is 9.47 Å². The van der Waals surface area contributed by atoms with Gasteiger partial charge < -0.3 is 9.47 Å². The van der Waals surface area contributed by atoms with E-state index in [1.54, 1.807) is 0 Å². The zero-order valence-electron chi connectivity index (χ0n) is 17.7. The molecule has 158 valence electrons. The molecule has 0 bridgehead atoms. The summed E-state index contributed by atoms with van der Waals surface area (Å²) in [5, 5.41) is 14.5. The quantitative estimate of drug-likeness (QED) is 0.571. The van der Waals surface area contributed by atoms with Crippen LogP contribution in [0.15, 0.2) is 71.7 Å². The van der Waals surface area contributed by atoms with Crippen LogP contribution in [-0.4, -0.2) is 26.7 Å². The summed E-state index contributed by atoms with van der Waals surface area (Å²) >= 11 is 0. The van der Waals surface area contributed by atoms with Gasteiger partial charge in [-0.25, -0.2) is 0 Å². The Kier molecular flexibility index (Phi) is 5.63. The van der Waals surface area contributed by atoms with Gasteiger partial charge in [-0.1, -0.05) is 55.5 Å². The van der Waals surface area contributed by atoms with Crippen LogP contribution in [0.25, 0.3) is 22.5 Å². The monoisotopic (exact) mass is 414 g/mol. The molecular formula is C25H26N4O2. The fourth-order valence-corrected chi connectivity index (χ4v) is 4.29. The lowest BCUT2D eigenvalue weighted by atomic mass is 9.91. The number of rotatable bonds is 6. The smallest absolute Gasteiger partial charge is 0.205 e. The highest BCUT2D eigenvalue weighted by Gasteiger charge is 2.26. The number of hydrogen-bond acceptors (Lipinski definition) is 5. The van der Waals surface area contributed by atoms with E-state index >= 15 is 0 Å². The molecule has 2 heterocycles. The van der Waals surface area contributed by atoms with Gasteiger partial charge in [0.25, 0.3) is 0 Å². The van der Waals surface area contributed by atoms with Crippen molar-refractivity contribution in [3.05, 3.63) is 77.3 Å². The maximum atomic E-state index is 6.35. The average molecular weight is 415 g/mol. The van der Waals surface area contributed by atoms with E-state index in [1.807, 2.05) is 18.2 Å². The molecule has 1 N–H and O–H groups in total.